The molecule has 0 bridgehead atoms. The van der Waals surface area contributed by atoms with Crippen LogP contribution in [-0.4, -0.2) is 65.0 Å². The fraction of sp³-hybridized carbons (Fsp3) is 0.550. The summed E-state index contributed by atoms with van der Waals surface area (Å²) in [6, 6.07) is 9.37. The van der Waals surface area contributed by atoms with Gasteiger partial charge in [-0.25, -0.2) is 0 Å². The van der Waals surface area contributed by atoms with Crippen LogP contribution in [0.5, 0.6) is 5.75 Å². The fourth-order valence-corrected chi connectivity index (χ4v) is 3.37. The Bertz CT molecular complexity index is 635. The van der Waals surface area contributed by atoms with Gasteiger partial charge in [-0.3, -0.25) is 14.4 Å². The van der Waals surface area contributed by atoms with E-state index in [0.717, 1.165) is 12.2 Å². The Balaban J connectivity index is 1.76. The number of carbonyl (C=O) groups is 3. The van der Waals surface area contributed by atoms with Crippen LogP contribution in [0, 0.1) is 0 Å². The van der Waals surface area contributed by atoms with Crippen LogP contribution in [0.4, 0.5) is 0 Å². The van der Waals surface area contributed by atoms with Crippen molar-refractivity contribution >= 4 is 17.8 Å². The standard InChI is InChI=1S/C20H28N2O5/c1-16(23)22(15-20(25)26)17-7-5-12-21(13-11-17)19(24)10-6-14-27-18-8-3-2-4-9-18/h2-4,8-9,17H,5-7,10-15H2,1H3,(H,25,26)/t17-/m0/s1. The number of benzene rings is 1. The third-order valence-corrected chi connectivity index (χ3v) is 4.75. The maximum atomic E-state index is 12.4. The smallest absolute Gasteiger partial charge is 0.323 e. The van der Waals surface area contributed by atoms with E-state index in [1.165, 1.54) is 11.8 Å². The van der Waals surface area contributed by atoms with Crippen molar-refractivity contribution in [3.05, 3.63) is 30.3 Å². The summed E-state index contributed by atoms with van der Waals surface area (Å²) in [4.78, 5) is 38.4. The molecule has 1 aromatic carbocycles. The van der Waals surface area contributed by atoms with Crippen LogP contribution in [0.15, 0.2) is 30.3 Å². The number of carboxylic acids is 1. The lowest BCUT2D eigenvalue weighted by Gasteiger charge is -2.28. The second-order valence-corrected chi connectivity index (χ2v) is 6.77. The lowest BCUT2D eigenvalue weighted by Crippen LogP contribution is -2.43. The lowest BCUT2D eigenvalue weighted by atomic mass is 10.1. The van der Waals surface area contributed by atoms with Crippen molar-refractivity contribution in [3.63, 3.8) is 0 Å². The molecule has 0 radical (unpaired) electrons. The number of likely N-dealkylation sites (tertiary alicyclic amines) is 1. The largest absolute Gasteiger partial charge is 0.494 e. The van der Waals surface area contributed by atoms with Gasteiger partial charge in [0.05, 0.1) is 6.61 Å². The average Bonchev–Trinajstić information content (AvgIpc) is 2.90. The normalized spacial score (nSPS) is 17.1. The lowest BCUT2D eigenvalue weighted by molar-refractivity contribution is -0.145. The first-order valence-corrected chi connectivity index (χ1v) is 9.42. The van der Waals surface area contributed by atoms with Crippen LogP contribution in [0.2, 0.25) is 0 Å². The van der Waals surface area contributed by atoms with Crippen LogP contribution < -0.4 is 4.74 Å². The third kappa shape index (κ3) is 6.92. The molecule has 1 atom stereocenters. The molecule has 0 spiro atoms. The van der Waals surface area contributed by atoms with Crippen molar-refractivity contribution < 1.29 is 24.2 Å². The number of amides is 2. The summed E-state index contributed by atoms with van der Waals surface area (Å²) >= 11 is 0. The summed E-state index contributed by atoms with van der Waals surface area (Å²) in [6.45, 7) is 2.79. The van der Waals surface area contributed by atoms with E-state index in [1.54, 1.807) is 0 Å². The second-order valence-electron chi connectivity index (χ2n) is 6.77. The molecule has 2 rings (SSSR count). The molecular formula is C20H28N2O5. The molecule has 27 heavy (non-hydrogen) atoms. The highest BCUT2D eigenvalue weighted by molar-refractivity contribution is 5.80. The summed E-state index contributed by atoms with van der Waals surface area (Å²) in [5, 5.41) is 9.01. The van der Waals surface area contributed by atoms with Crippen LogP contribution in [0.3, 0.4) is 0 Å². The van der Waals surface area contributed by atoms with Gasteiger partial charge in [0.1, 0.15) is 12.3 Å². The Labute approximate surface area is 159 Å². The van der Waals surface area contributed by atoms with Gasteiger partial charge in [0.15, 0.2) is 0 Å². The van der Waals surface area contributed by atoms with Crippen molar-refractivity contribution in [1.29, 1.82) is 0 Å². The van der Waals surface area contributed by atoms with Gasteiger partial charge < -0.3 is 19.6 Å². The Morgan fingerprint density at radius 1 is 1.19 bits per heavy atom. The summed E-state index contributed by atoms with van der Waals surface area (Å²) < 4.78 is 5.61. The fourth-order valence-electron chi connectivity index (χ4n) is 3.37. The molecule has 7 nitrogen and oxygen atoms in total. The number of nitrogens with zero attached hydrogens (tertiary/aromatic N) is 2. The van der Waals surface area contributed by atoms with E-state index in [0.29, 0.717) is 45.4 Å². The number of hydrogen-bond donors (Lipinski definition) is 1. The Morgan fingerprint density at radius 3 is 2.59 bits per heavy atom. The monoisotopic (exact) mass is 376 g/mol. The van der Waals surface area contributed by atoms with Gasteiger partial charge >= 0.3 is 5.97 Å². The van der Waals surface area contributed by atoms with E-state index in [9.17, 15) is 14.4 Å². The number of carbonyl (C=O) groups excluding carboxylic acids is 2. The quantitative estimate of drug-likeness (QED) is 0.703. The first-order valence-electron chi connectivity index (χ1n) is 9.42. The molecule has 1 aliphatic heterocycles. The molecule has 2 amide bonds. The number of rotatable bonds is 8. The molecule has 0 aromatic heterocycles. The van der Waals surface area contributed by atoms with Crippen LogP contribution in [-0.2, 0) is 14.4 Å². The first-order chi connectivity index (χ1) is 13.0. The molecule has 1 N–H and O–H groups in total. The highest BCUT2D eigenvalue weighted by Gasteiger charge is 2.27. The minimum Gasteiger partial charge on any atom is -0.494 e. The molecule has 0 unspecified atom stereocenters. The van der Waals surface area contributed by atoms with Gasteiger partial charge in [-0.2, -0.15) is 0 Å². The molecule has 1 aromatic rings. The minimum absolute atomic E-state index is 0.0833. The van der Waals surface area contributed by atoms with Gasteiger partial charge in [-0.05, 0) is 37.8 Å². The van der Waals surface area contributed by atoms with E-state index in [2.05, 4.69) is 0 Å². The number of hydrogen-bond acceptors (Lipinski definition) is 4. The maximum Gasteiger partial charge on any atom is 0.323 e. The van der Waals surface area contributed by atoms with Crippen molar-refractivity contribution in [1.82, 2.24) is 9.80 Å². The highest BCUT2D eigenvalue weighted by Crippen LogP contribution is 2.18. The molecule has 1 heterocycles. The average molecular weight is 376 g/mol. The van der Waals surface area contributed by atoms with Crippen molar-refractivity contribution in [2.75, 3.05) is 26.2 Å². The molecule has 148 valence electrons. The van der Waals surface area contributed by atoms with Gasteiger partial charge in [-0.1, -0.05) is 18.2 Å². The number of para-hydroxylation sites is 1. The Kier molecular flexibility index (Phi) is 8.10. The summed E-state index contributed by atoms with van der Waals surface area (Å²) in [6.07, 6.45) is 3.16. The van der Waals surface area contributed by atoms with Gasteiger partial charge in [0.25, 0.3) is 0 Å². The number of ether oxygens (including phenoxy) is 1. The van der Waals surface area contributed by atoms with Crippen LogP contribution in [0.25, 0.3) is 0 Å². The molecular weight excluding hydrogens is 348 g/mol. The van der Waals surface area contributed by atoms with Gasteiger partial charge in [0.2, 0.25) is 11.8 Å². The Hall–Kier alpha value is -2.57. The van der Waals surface area contributed by atoms with Crippen LogP contribution >= 0.6 is 0 Å². The third-order valence-electron chi connectivity index (χ3n) is 4.75. The van der Waals surface area contributed by atoms with Crippen molar-refractivity contribution in [2.24, 2.45) is 0 Å². The molecule has 1 fully saturated rings. The topological polar surface area (TPSA) is 87.2 Å². The molecule has 0 saturated carbocycles. The SMILES string of the molecule is CC(=O)N(CC(=O)O)[C@H]1CCCN(C(=O)CCCOc2ccccc2)CC1. The summed E-state index contributed by atoms with van der Waals surface area (Å²) in [5.74, 6) is -0.369. The summed E-state index contributed by atoms with van der Waals surface area (Å²) in [7, 11) is 0. The Morgan fingerprint density at radius 2 is 1.93 bits per heavy atom. The zero-order valence-electron chi connectivity index (χ0n) is 15.8. The molecule has 1 aliphatic rings. The van der Waals surface area contributed by atoms with Gasteiger partial charge in [-0.15, -0.1) is 0 Å². The van der Waals surface area contributed by atoms with E-state index in [-0.39, 0.29) is 24.4 Å². The van der Waals surface area contributed by atoms with E-state index in [4.69, 9.17) is 9.84 Å². The van der Waals surface area contributed by atoms with E-state index < -0.39 is 5.97 Å². The van der Waals surface area contributed by atoms with Crippen molar-refractivity contribution in [2.45, 2.75) is 45.1 Å². The number of aliphatic carboxylic acids is 1. The predicted molar refractivity (Wildman–Crippen MR) is 100 cm³/mol. The molecule has 0 aliphatic carbocycles. The van der Waals surface area contributed by atoms with Crippen molar-refractivity contribution in [3.8, 4) is 5.75 Å². The predicted octanol–water partition coefficient (Wildman–Crippen LogP) is 2.16. The minimum atomic E-state index is -1.01. The van der Waals surface area contributed by atoms with E-state index >= 15 is 0 Å². The maximum absolute atomic E-state index is 12.4. The first kappa shape index (κ1) is 20.7. The molecule has 7 heteroatoms. The zero-order chi connectivity index (χ0) is 19.6. The highest BCUT2D eigenvalue weighted by atomic mass is 16.5. The zero-order valence-corrected chi connectivity index (χ0v) is 15.8. The number of carboxylic acid groups (broad SMARTS) is 1. The second kappa shape index (κ2) is 10.5. The van der Waals surface area contributed by atoms with E-state index in [1.807, 2.05) is 35.2 Å². The summed E-state index contributed by atoms with van der Waals surface area (Å²) in [5.41, 5.74) is 0. The van der Waals surface area contributed by atoms with Crippen LogP contribution in [0.1, 0.15) is 39.0 Å². The molecule has 1 saturated heterocycles. The van der Waals surface area contributed by atoms with Gasteiger partial charge in [0, 0.05) is 32.5 Å².